The number of carbonyl (C=O) groups excluding carboxylic acids is 1. The molecule has 25 atom stereocenters. The zero-order valence-corrected chi connectivity index (χ0v) is 39.9. The summed E-state index contributed by atoms with van der Waals surface area (Å²) < 4.78 is 34.5. The number of aliphatic hydroxyl groups is 11. The number of carbonyl (C=O) groups is 2. The third kappa shape index (κ3) is 7.94. The third-order valence-corrected chi connectivity index (χ3v) is 19.7. The molecule has 5 aliphatic carbocycles. The van der Waals surface area contributed by atoms with Gasteiger partial charge in [0.2, 0.25) is 6.29 Å². The van der Waals surface area contributed by atoms with Crippen molar-refractivity contribution in [1.82, 2.24) is 0 Å². The van der Waals surface area contributed by atoms with Crippen LogP contribution in [0.25, 0.3) is 0 Å². The maximum atomic E-state index is 15.0. The van der Waals surface area contributed by atoms with Crippen molar-refractivity contribution in [2.24, 2.45) is 50.2 Å². The van der Waals surface area contributed by atoms with Gasteiger partial charge >= 0.3 is 11.9 Å². The molecule has 3 saturated heterocycles. The molecule has 0 spiro atoms. The maximum absolute atomic E-state index is 15.0. The van der Waals surface area contributed by atoms with Gasteiger partial charge in [0.05, 0.1) is 42.9 Å². The van der Waals surface area contributed by atoms with E-state index in [1.54, 1.807) is 6.92 Å². The number of esters is 1. The SMILES string of the molecule is C[C@@H]1O[C@@H](O[C@H]2[C@H](O)[C@@H](O)[C@H](OC[C@H]3O[C@@H](OC(=O)[C@]45CC[C@@](C)(C(=O)O)C[C@H]4C4=CC[C@@H]6[C@@]7(C)CC[C@H](O)[C@@](C)(CO)[C@@H]7CC[C@@]6(C)[C@]4(C)CC5)[C@H](O)[C@@H](O)[C@@H]3O)O[C@@H]2CO)[C@H](O)[C@H](O)[C@H]1O. The lowest BCUT2D eigenvalue weighted by Crippen LogP contribution is -2.66. The fourth-order valence-electron chi connectivity index (χ4n) is 14.9. The molecule has 8 rings (SSSR count). The number of fused-ring (bicyclic) bond motifs is 7. The molecule has 8 aliphatic rings. The summed E-state index contributed by atoms with van der Waals surface area (Å²) in [4.78, 5) is 27.9. The van der Waals surface area contributed by atoms with Gasteiger partial charge in [-0.2, -0.15) is 0 Å². The Balaban J connectivity index is 0.997. The number of allylic oxidation sites excluding steroid dienone is 2. The monoisotopic (exact) mass is 972 g/mol. The lowest BCUT2D eigenvalue weighted by molar-refractivity contribution is -0.361. The normalized spacial score (nSPS) is 54.8. The Morgan fingerprint density at radius 1 is 0.691 bits per heavy atom. The minimum atomic E-state index is -1.93. The van der Waals surface area contributed by atoms with Crippen molar-refractivity contribution in [2.75, 3.05) is 19.8 Å². The van der Waals surface area contributed by atoms with Gasteiger partial charge in [0.25, 0.3) is 0 Å². The van der Waals surface area contributed by atoms with Crippen molar-refractivity contribution in [3.05, 3.63) is 11.6 Å². The van der Waals surface area contributed by atoms with E-state index in [1.165, 1.54) is 6.92 Å². The van der Waals surface area contributed by atoms with Gasteiger partial charge in [-0.3, -0.25) is 9.59 Å². The zero-order chi connectivity index (χ0) is 49.8. The Morgan fingerprint density at radius 2 is 1.32 bits per heavy atom. The molecule has 3 aliphatic heterocycles. The average molecular weight is 973 g/mol. The molecule has 0 bridgehead atoms. The predicted molar refractivity (Wildman–Crippen MR) is 232 cm³/mol. The summed E-state index contributed by atoms with van der Waals surface area (Å²) in [6.45, 7) is 10.4. The van der Waals surface area contributed by atoms with E-state index in [2.05, 4.69) is 26.8 Å². The van der Waals surface area contributed by atoms with E-state index in [0.29, 0.717) is 25.7 Å². The molecule has 3 heterocycles. The molecule has 0 radical (unpaired) electrons. The standard InChI is InChI=1S/C48H76O20/c1-21-29(52)31(54)34(57)39(64-21)67-37-24(18-49)65-38(36(59)33(37)56)63-19-25-30(53)32(55)35(58)40(66-25)68-42(62)48-15-13-43(2,41(60)61)17-23(48)22-7-8-27-44(3)11-10-28(51)45(4,20-50)26(44)9-12-47(27,6)46(22,5)14-16-48/h7,21,23-40,49-59H,8-20H2,1-6H3,(H,60,61)/t21-,23-,24+,25+,26+,27+,28-,29-,30+,31+,32-,33+,34+,35+,36+,37+,38+,39-,40-,43+,44-,45-,46+,47+,48-/m0/s1. The summed E-state index contributed by atoms with van der Waals surface area (Å²) in [6, 6.07) is 0. The number of hydrogen-bond donors (Lipinski definition) is 12. The Morgan fingerprint density at radius 3 is 1.99 bits per heavy atom. The van der Waals surface area contributed by atoms with Crippen LogP contribution in [0, 0.1) is 50.2 Å². The van der Waals surface area contributed by atoms with Gasteiger partial charge in [-0.15, -0.1) is 0 Å². The second-order valence-electron chi connectivity index (χ2n) is 23.0. The van der Waals surface area contributed by atoms with Gasteiger partial charge in [0, 0.05) is 5.41 Å². The van der Waals surface area contributed by atoms with Crippen molar-refractivity contribution < 1.29 is 99.3 Å². The fourth-order valence-corrected chi connectivity index (χ4v) is 14.9. The predicted octanol–water partition coefficient (Wildman–Crippen LogP) is -0.795. The van der Waals surface area contributed by atoms with E-state index in [0.717, 1.165) is 24.8 Å². The molecule has 0 aromatic heterocycles. The van der Waals surface area contributed by atoms with Crippen molar-refractivity contribution >= 4 is 11.9 Å². The van der Waals surface area contributed by atoms with E-state index in [4.69, 9.17) is 28.4 Å². The summed E-state index contributed by atoms with van der Waals surface area (Å²) in [6.07, 6.45) is -18.3. The van der Waals surface area contributed by atoms with Crippen LogP contribution in [0.1, 0.15) is 106 Å². The second kappa shape index (κ2) is 18.5. The molecule has 20 heteroatoms. The number of hydrogen-bond acceptors (Lipinski definition) is 19. The van der Waals surface area contributed by atoms with Gasteiger partial charge in [-0.25, -0.2) is 0 Å². The molecule has 7 fully saturated rings. The van der Waals surface area contributed by atoms with Crippen LogP contribution in [0.15, 0.2) is 11.6 Å². The van der Waals surface area contributed by atoms with E-state index in [1.807, 2.05) is 6.92 Å². The van der Waals surface area contributed by atoms with Crippen LogP contribution < -0.4 is 0 Å². The highest BCUT2D eigenvalue weighted by Crippen LogP contribution is 2.76. The van der Waals surface area contributed by atoms with E-state index in [9.17, 15) is 70.9 Å². The van der Waals surface area contributed by atoms with Crippen LogP contribution in [0.5, 0.6) is 0 Å². The van der Waals surface area contributed by atoms with Gasteiger partial charge in [-0.05, 0) is 112 Å². The van der Waals surface area contributed by atoms with Gasteiger partial charge in [0.1, 0.15) is 67.1 Å². The summed E-state index contributed by atoms with van der Waals surface area (Å²) >= 11 is 0. The Labute approximate surface area is 396 Å². The zero-order valence-electron chi connectivity index (χ0n) is 39.9. The molecule has 12 N–H and O–H groups in total. The number of ether oxygens (including phenoxy) is 6. The number of rotatable bonds is 10. The van der Waals surface area contributed by atoms with Crippen molar-refractivity contribution in [1.29, 1.82) is 0 Å². The summed E-state index contributed by atoms with van der Waals surface area (Å²) in [5, 5.41) is 129. The van der Waals surface area contributed by atoms with Crippen molar-refractivity contribution in [3.63, 3.8) is 0 Å². The summed E-state index contributed by atoms with van der Waals surface area (Å²) in [5.41, 5.74) is -2.99. The van der Waals surface area contributed by atoms with Crippen molar-refractivity contribution in [3.8, 4) is 0 Å². The summed E-state index contributed by atoms with van der Waals surface area (Å²) in [7, 11) is 0. The average Bonchev–Trinajstić information content (AvgIpc) is 3.30. The van der Waals surface area contributed by atoms with Gasteiger partial charge in [0.15, 0.2) is 12.6 Å². The van der Waals surface area contributed by atoms with E-state index < -0.39 is 151 Å². The highest BCUT2D eigenvalue weighted by molar-refractivity contribution is 5.81. The number of carboxylic acid groups (broad SMARTS) is 1. The largest absolute Gasteiger partial charge is 0.481 e. The first kappa shape index (κ1) is 52.4. The van der Waals surface area contributed by atoms with Crippen LogP contribution >= 0.6 is 0 Å². The smallest absolute Gasteiger partial charge is 0.315 e. The Kier molecular flexibility index (Phi) is 14.3. The maximum Gasteiger partial charge on any atom is 0.315 e. The molecule has 4 saturated carbocycles. The van der Waals surface area contributed by atoms with Crippen LogP contribution in [0.2, 0.25) is 0 Å². The van der Waals surface area contributed by atoms with Crippen LogP contribution in [0.3, 0.4) is 0 Å². The minimum Gasteiger partial charge on any atom is -0.481 e. The number of carboxylic acids is 1. The molecule has 0 amide bonds. The first-order chi connectivity index (χ1) is 31.8. The quantitative estimate of drug-likeness (QED) is 0.0942. The van der Waals surface area contributed by atoms with Crippen LogP contribution in [-0.2, 0) is 38.0 Å². The van der Waals surface area contributed by atoms with Crippen LogP contribution in [-0.4, -0.2) is 191 Å². The Hall–Kier alpha value is -1.96. The van der Waals surface area contributed by atoms with E-state index in [-0.39, 0.29) is 48.5 Å². The van der Waals surface area contributed by atoms with Gasteiger partial charge < -0.3 is 89.7 Å². The third-order valence-electron chi connectivity index (χ3n) is 19.7. The molecule has 20 nitrogen and oxygen atoms in total. The second-order valence-corrected chi connectivity index (χ2v) is 23.0. The van der Waals surface area contributed by atoms with Gasteiger partial charge in [-0.1, -0.05) is 39.3 Å². The summed E-state index contributed by atoms with van der Waals surface area (Å²) in [5.74, 6) is -2.03. The molecule has 0 aromatic rings. The molecule has 0 unspecified atom stereocenters. The topological polar surface area (TPSA) is 332 Å². The van der Waals surface area contributed by atoms with Crippen molar-refractivity contribution in [2.45, 2.75) is 204 Å². The number of aliphatic carboxylic acids is 1. The highest BCUT2D eigenvalue weighted by atomic mass is 16.8. The lowest BCUT2D eigenvalue weighted by Gasteiger charge is -2.71. The minimum absolute atomic E-state index is 0.0829. The van der Waals surface area contributed by atoms with Crippen LogP contribution in [0.4, 0.5) is 0 Å². The highest BCUT2D eigenvalue weighted by Gasteiger charge is 2.71. The first-order valence-corrected chi connectivity index (χ1v) is 24.5. The molecule has 388 valence electrons. The fraction of sp³-hybridized carbons (Fsp3) is 0.917. The first-order valence-electron chi connectivity index (χ1n) is 24.5. The molecule has 68 heavy (non-hydrogen) atoms. The molecule has 0 aromatic carbocycles. The van der Waals surface area contributed by atoms with E-state index >= 15 is 0 Å². The molecular formula is C48H76O20. The lowest BCUT2D eigenvalue weighted by atomic mass is 9.33. The Bertz CT molecular complexity index is 1900. The molecular weight excluding hydrogens is 897 g/mol. The number of aliphatic hydroxyl groups excluding tert-OH is 11.